The number of aliphatic hydroxyl groups is 1. The predicted octanol–water partition coefficient (Wildman–Crippen LogP) is 3.08. The van der Waals surface area contributed by atoms with Gasteiger partial charge in [-0.1, -0.05) is 18.9 Å². The van der Waals surface area contributed by atoms with E-state index in [-0.39, 0.29) is 0 Å². The fourth-order valence-corrected chi connectivity index (χ4v) is 3.31. The SMILES string of the molecule is COc1ccc(CC(C)(O)C2(C#N)CCCC2)cc1OC. The fourth-order valence-electron chi connectivity index (χ4n) is 3.31. The van der Waals surface area contributed by atoms with Crippen molar-refractivity contribution in [2.24, 2.45) is 5.41 Å². The van der Waals surface area contributed by atoms with E-state index >= 15 is 0 Å². The molecule has 0 amide bonds. The summed E-state index contributed by atoms with van der Waals surface area (Å²) in [6.45, 7) is 1.78. The van der Waals surface area contributed by atoms with E-state index in [4.69, 9.17) is 9.47 Å². The first-order valence-electron chi connectivity index (χ1n) is 7.32. The Morgan fingerprint density at radius 2 is 1.86 bits per heavy atom. The topological polar surface area (TPSA) is 62.5 Å². The molecule has 1 fully saturated rings. The van der Waals surface area contributed by atoms with Crippen molar-refractivity contribution in [3.8, 4) is 17.6 Å². The van der Waals surface area contributed by atoms with Crippen LogP contribution in [0.2, 0.25) is 0 Å². The number of nitriles is 1. The van der Waals surface area contributed by atoms with Crippen LogP contribution in [0.1, 0.15) is 38.2 Å². The van der Waals surface area contributed by atoms with E-state index in [1.807, 2.05) is 18.2 Å². The molecule has 4 heteroatoms. The third-order valence-electron chi connectivity index (χ3n) is 4.70. The highest BCUT2D eigenvalue weighted by atomic mass is 16.5. The molecule has 1 aliphatic carbocycles. The van der Waals surface area contributed by atoms with Gasteiger partial charge in [0, 0.05) is 6.42 Å². The van der Waals surface area contributed by atoms with Gasteiger partial charge in [0.1, 0.15) is 0 Å². The molecule has 0 spiro atoms. The molecule has 114 valence electrons. The summed E-state index contributed by atoms with van der Waals surface area (Å²) in [4.78, 5) is 0. The number of nitrogens with zero attached hydrogens (tertiary/aromatic N) is 1. The average Bonchev–Trinajstić information content (AvgIpc) is 2.97. The summed E-state index contributed by atoms with van der Waals surface area (Å²) in [5, 5.41) is 20.5. The van der Waals surface area contributed by atoms with Gasteiger partial charge in [0.2, 0.25) is 0 Å². The summed E-state index contributed by atoms with van der Waals surface area (Å²) in [7, 11) is 3.18. The zero-order valence-electron chi connectivity index (χ0n) is 13.0. The van der Waals surface area contributed by atoms with E-state index in [0.29, 0.717) is 17.9 Å². The Morgan fingerprint density at radius 3 is 2.38 bits per heavy atom. The summed E-state index contributed by atoms with van der Waals surface area (Å²) in [6, 6.07) is 8.00. The van der Waals surface area contributed by atoms with Crippen molar-refractivity contribution in [2.75, 3.05) is 14.2 Å². The Kier molecular flexibility index (Phi) is 4.43. The van der Waals surface area contributed by atoms with Crippen LogP contribution in [-0.4, -0.2) is 24.9 Å². The first-order valence-corrected chi connectivity index (χ1v) is 7.32. The van der Waals surface area contributed by atoms with Crippen molar-refractivity contribution in [3.05, 3.63) is 23.8 Å². The molecule has 0 heterocycles. The maximum atomic E-state index is 10.9. The van der Waals surface area contributed by atoms with Gasteiger partial charge in [-0.2, -0.15) is 5.26 Å². The highest BCUT2D eigenvalue weighted by molar-refractivity contribution is 5.43. The molecule has 1 aliphatic rings. The average molecular weight is 289 g/mol. The van der Waals surface area contributed by atoms with Crippen molar-refractivity contribution >= 4 is 0 Å². The molecule has 1 aromatic carbocycles. The summed E-state index contributed by atoms with van der Waals surface area (Å²) in [5.41, 5.74) is -0.739. The Balaban J connectivity index is 2.26. The van der Waals surface area contributed by atoms with Crippen LogP contribution in [-0.2, 0) is 6.42 Å². The summed E-state index contributed by atoms with van der Waals surface area (Å²) < 4.78 is 10.5. The fraction of sp³-hybridized carbons (Fsp3) is 0.588. The molecule has 1 unspecified atom stereocenters. The Labute approximate surface area is 126 Å². The first kappa shape index (κ1) is 15.7. The molecule has 0 bridgehead atoms. The van der Waals surface area contributed by atoms with E-state index in [9.17, 15) is 10.4 Å². The normalized spacial score (nSPS) is 19.6. The number of rotatable bonds is 5. The molecule has 4 nitrogen and oxygen atoms in total. The number of methoxy groups -OCH3 is 2. The zero-order chi connectivity index (χ0) is 15.5. The minimum absolute atomic E-state index is 0.431. The van der Waals surface area contributed by atoms with Crippen molar-refractivity contribution in [2.45, 2.75) is 44.6 Å². The molecule has 1 atom stereocenters. The van der Waals surface area contributed by atoms with E-state index < -0.39 is 11.0 Å². The van der Waals surface area contributed by atoms with Gasteiger partial charge < -0.3 is 14.6 Å². The maximum Gasteiger partial charge on any atom is 0.160 e. The molecule has 1 aromatic rings. The third-order valence-corrected chi connectivity index (χ3v) is 4.70. The van der Waals surface area contributed by atoms with Crippen molar-refractivity contribution in [3.63, 3.8) is 0 Å². The molecular formula is C17H23NO3. The lowest BCUT2D eigenvalue weighted by Gasteiger charge is -2.37. The number of hydrogen-bond donors (Lipinski definition) is 1. The van der Waals surface area contributed by atoms with Gasteiger partial charge in [0.25, 0.3) is 0 Å². The van der Waals surface area contributed by atoms with Crippen LogP contribution < -0.4 is 9.47 Å². The third kappa shape index (κ3) is 2.84. The van der Waals surface area contributed by atoms with E-state index in [1.165, 1.54) is 0 Å². The lowest BCUT2D eigenvalue weighted by Crippen LogP contribution is -2.45. The van der Waals surface area contributed by atoms with Gasteiger partial charge >= 0.3 is 0 Å². The van der Waals surface area contributed by atoms with Crippen LogP contribution >= 0.6 is 0 Å². The van der Waals surface area contributed by atoms with Crippen LogP contribution in [0.4, 0.5) is 0 Å². The highest BCUT2D eigenvalue weighted by Gasteiger charge is 2.49. The first-order chi connectivity index (χ1) is 9.98. The molecular weight excluding hydrogens is 266 g/mol. The quantitative estimate of drug-likeness (QED) is 0.904. The molecule has 0 radical (unpaired) electrons. The maximum absolute atomic E-state index is 10.9. The minimum Gasteiger partial charge on any atom is -0.493 e. The summed E-state index contributed by atoms with van der Waals surface area (Å²) >= 11 is 0. The van der Waals surface area contributed by atoms with Crippen LogP contribution in [0.25, 0.3) is 0 Å². The van der Waals surface area contributed by atoms with E-state index in [0.717, 1.165) is 31.2 Å². The number of ether oxygens (including phenoxy) is 2. The molecule has 2 rings (SSSR count). The Bertz CT molecular complexity index is 539. The van der Waals surface area contributed by atoms with Crippen LogP contribution in [0, 0.1) is 16.7 Å². The highest BCUT2D eigenvalue weighted by Crippen LogP contribution is 2.47. The lowest BCUT2D eigenvalue weighted by atomic mass is 9.70. The molecule has 0 aromatic heterocycles. The van der Waals surface area contributed by atoms with E-state index in [2.05, 4.69) is 6.07 Å². The second-order valence-corrected chi connectivity index (χ2v) is 6.04. The predicted molar refractivity (Wildman–Crippen MR) is 80.4 cm³/mol. The molecule has 1 saturated carbocycles. The number of hydrogen-bond acceptors (Lipinski definition) is 4. The van der Waals surface area contributed by atoms with Crippen molar-refractivity contribution < 1.29 is 14.6 Å². The smallest absolute Gasteiger partial charge is 0.160 e. The standard InChI is InChI=1S/C17H23NO3/c1-16(19,17(12-18)8-4-5-9-17)11-13-6-7-14(20-2)15(10-13)21-3/h6-7,10,19H,4-5,8-9,11H2,1-3H3. The molecule has 0 saturated heterocycles. The van der Waals surface area contributed by atoms with Crippen LogP contribution in [0.3, 0.4) is 0 Å². The van der Waals surface area contributed by atoms with Gasteiger partial charge in [-0.3, -0.25) is 0 Å². The van der Waals surface area contributed by atoms with Crippen molar-refractivity contribution in [1.82, 2.24) is 0 Å². The van der Waals surface area contributed by atoms with Gasteiger partial charge in [-0.05, 0) is 37.5 Å². The summed E-state index contributed by atoms with van der Waals surface area (Å²) in [6.07, 6.45) is 3.99. The molecule has 21 heavy (non-hydrogen) atoms. The second kappa shape index (κ2) is 5.95. The lowest BCUT2D eigenvalue weighted by molar-refractivity contribution is -0.0359. The van der Waals surface area contributed by atoms with Crippen LogP contribution in [0.5, 0.6) is 11.5 Å². The Hall–Kier alpha value is -1.73. The minimum atomic E-state index is -1.04. The monoisotopic (exact) mass is 289 g/mol. The van der Waals surface area contributed by atoms with Gasteiger partial charge in [0.15, 0.2) is 11.5 Å². The van der Waals surface area contributed by atoms with Gasteiger partial charge in [-0.15, -0.1) is 0 Å². The van der Waals surface area contributed by atoms with E-state index in [1.54, 1.807) is 21.1 Å². The second-order valence-electron chi connectivity index (χ2n) is 6.04. The summed E-state index contributed by atoms with van der Waals surface area (Å²) in [5.74, 6) is 1.31. The molecule has 0 aliphatic heterocycles. The number of benzene rings is 1. The zero-order valence-corrected chi connectivity index (χ0v) is 13.0. The van der Waals surface area contributed by atoms with Gasteiger partial charge in [-0.25, -0.2) is 0 Å². The Morgan fingerprint density at radius 1 is 1.24 bits per heavy atom. The molecule has 1 N–H and O–H groups in total. The van der Waals surface area contributed by atoms with Gasteiger partial charge in [0.05, 0.1) is 31.3 Å². The van der Waals surface area contributed by atoms with Crippen molar-refractivity contribution in [1.29, 1.82) is 5.26 Å². The van der Waals surface area contributed by atoms with Crippen LogP contribution in [0.15, 0.2) is 18.2 Å². The largest absolute Gasteiger partial charge is 0.493 e.